The summed E-state index contributed by atoms with van der Waals surface area (Å²) in [6.45, 7) is 3.61. The molecule has 0 amide bonds. The van der Waals surface area contributed by atoms with Crippen molar-refractivity contribution in [2.24, 2.45) is 0 Å². The number of nitrogens with one attached hydrogen (secondary N) is 1. The second-order valence-electron chi connectivity index (χ2n) is 4.63. The van der Waals surface area contributed by atoms with Crippen LogP contribution >= 0.6 is 0 Å². The Bertz CT molecular complexity index is 370. The molecule has 0 radical (unpaired) electrons. The molecule has 1 aliphatic heterocycles. The van der Waals surface area contributed by atoms with Crippen molar-refractivity contribution in [3.8, 4) is 5.75 Å². The summed E-state index contributed by atoms with van der Waals surface area (Å²) in [5.41, 5.74) is 1.68. The van der Waals surface area contributed by atoms with Gasteiger partial charge in [-0.3, -0.25) is 0 Å². The minimum absolute atomic E-state index is 0.583. The highest BCUT2D eigenvalue weighted by Gasteiger charge is 2.31. The molecular weight excluding hydrogens is 202 g/mol. The zero-order chi connectivity index (χ0) is 11.6. The number of β-amino-alcohol motifs (C(OH)–C–C–N with tert-alkyl or cyclic N) is 1. The molecule has 16 heavy (non-hydrogen) atoms. The Kier molecular flexibility index (Phi) is 3.17. The molecule has 2 rings (SSSR count). The predicted molar refractivity (Wildman–Crippen MR) is 63.9 cm³/mol. The van der Waals surface area contributed by atoms with Gasteiger partial charge in [0.1, 0.15) is 5.75 Å². The number of ether oxygens (including phenoxy) is 1. The molecule has 0 spiro atoms. The lowest BCUT2D eigenvalue weighted by Crippen LogP contribution is -2.33. The SMILES string of the molecule is COc1cc(CC2(O)CCNC2)ccc1C. The minimum Gasteiger partial charge on any atom is -0.496 e. The average molecular weight is 221 g/mol. The summed E-state index contributed by atoms with van der Waals surface area (Å²) in [6, 6.07) is 6.12. The van der Waals surface area contributed by atoms with E-state index in [1.807, 2.05) is 19.1 Å². The van der Waals surface area contributed by atoms with Crippen LogP contribution in [0.4, 0.5) is 0 Å². The lowest BCUT2D eigenvalue weighted by molar-refractivity contribution is 0.0618. The van der Waals surface area contributed by atoms with E-state index in [1.54, 1.807) is 7.11 Å². The minimum atomic E-state index is -0.583. The number of rotatable bonds is 3. The second kappa shape index (κ2) is 4.44. The fraction of sp³-hybridized carbons (Fsp3) is 0.538. The van der Waals surface area contributed by atoms with Crippen molar-refractivity contribution in [3.05, 3.63) is 29.3 Å². The van der Waals surface area contributed by atoms with Crippen LogP contribution in [0.2, 0.25) is 0 Å². The summed E-state index contributed by atoms with van der Waals surface area (Å²) in [5.74, 6) is 0.895. The Morgan fingerprint density at radius 3 is 2.94 bits per heavy atom. The van der Waals surface area contributed by atoms with E-state index in [0.717, 1.165) is 29.8 Å². The van der Waals surface area contributed by atoms with Gasteiger partial charge in [-0.15, -0.1) is 0 Å². The van der Waals surface area contributed by atoms with Crippen molar-refractivity contribution >= 4 is 0 Å². The molecule has 0 aromatic heterocycles. The van der Waals surface area contributed by atoms with E-state index in [1.165, 1.54) is 0 Å². The third-order valence-electron chi connectivity index (χ3n) is 3.23. The van der Waals surface area contributed by atoms with Crippen LogP contribution in [0.1, 0.15) is 17.5 Å². The first kappa shape index (κ1) is 11.4. The monoisotopic (exact) mass is 221 g/mol. The maximum Gasteiger partial charge on any atom is 0.122 e. The zero-order valence-electron chi connectivity index (χ0n) is 9.92. The fourth-order valence-electron chi connectivity index (χ4n) is 2.24. The van der Waals surface area contributed by atoms with E-state index in [-0.39, 0.29) is 0 Å². The van der Waals surface area contributed by atoms with E-state index in [2.05, 4.69) is 11.4 Å². The number of benzene rings is 1. The molecule has 3 heteroatoms. The summed E-state index contributed by atoms with van der Waals surface area (Å²) in [7, 11) is 1.68. The van der Waals surface area contributed by atoms with Gasteiger partial charge in [-0.1, -0.05) is 12.1 Å². The summed E-state index contributed by atoms with van der Waals surface area (Å²) in [5, 5.41) is 13.5. The van der Waals surface area contributed by atoms with Crippen molar-refractivity contribution in [1.82, 2.24) is 5.32 Å². The van der Waals surface area contributed by atoms with E-state index in [4.69, 9.17) is 4.74 Å². The van der Waals surface area contributed by atoms with Crippen molar-refractivity contribution < 1.29 is 9.84 Å². The number of aryl methyl sites for hydroxylation is 1. The van der Waals surface area contributed by atoms with Gasteiger partial charge in [-0.2, -0.15) is 0 Å². The molecule has 0 aliphatic carbocycles. The Hall–Kier alpha value is -1.06. The van der Waals surface area contributed by atoms with Crippen LogP contribution in [-0.4, -0.2) is 30.9 Å². The summed E-state index contributed by atoms with van der Waals surface area (Å²) in [6.07, 6.45) is 1.51. The lowest BCUT2D eigenvalue weighted by atomic mass is 9.93. The van der Waals surface area contributed by atoms with Crippen molar-refractivity contribution in [3.63, 3.8) is 0 Å². The summed E-state index contributed by atoms with van der Waals surface area (Å²) >= 11 is 0. The van der Waals surface area contributed by atoms with Crippen LogP contribution in [0.25, 0.3) is 0 Å². The summed E-state index contributed by atoms with van der Waals surface area (Å²) in [4.78, 5) is 0. The van der Waals surface area contributed by atoms with E-state index >= 15 is 0 Å². The van der Waals surface area contributed by atoms with Crippen molar-refractivity contribution in [1.29, 1.82) is 0 Å². The van der Waals surface area contributed by atoms with Gasteiger partial charge < -0.3 is 15.2 Å². The highest BCUT2D eigenvalue weighted by molar-refractivity contribution is 5.37. The molecule has 2 N–H and O–H groups in total. The second-order valence-corrected chi connectivity index (χ2v) is 4.63. The maximum atomic E-state index is 10.3. The highest BCUT2D eigenvalue weighted by atomic mass is 16.5. The van der Waals surface area contributed by atoms with Crippen molar-refractivity contribution in [2.45, 2.75) is 25.4 Å². The first-order chi connectivity index (χ1) is 7.63. The standard InChI is InChI=1S/C13H19NO2/c1-10-3-4-11(7-12(10)16-2)8-13(15)5-6-14-9-13/h3-4,7,14-15H,5-6,8-9H2,1-2H3. The average Bonchev–Trinajstić information content (AvgIpc) is 2.68. The molecule has 3 nitrogen and oxygen atoms in total. The molecule has 1 atom stereocenters. The van der Waals surface area contributed by atoms with E-state index in [9.17, 15) is 5.11 Å². The van der Waals surface area contributed by atoms with Gasteiger partial charge >= 0.3 is 0 Å². The molecule has 1 aromatic carbocycles. The van der Waals surface area contributed by atoms with Gasteiger partial charge in [0.25, 0.3) is 0 Å². The Labute approximate surface area is 96.4 Å². The first-order valence-corrected chi connectivity index (χ1v) is 5.70. The third kappa shape index (κ3) is 2.36. The largest absolute Gasteiger partial charge is 0.496 e. The van der Waals surface area contributed by atoms with Crippen LogP contribution in [0.15, 0.2) is 18.2 Å². The zero-order valence-corrected chi connectivity index (χ0v) is 9.92. The fourth-order valence-corrected chi connectivity index (χ4v) is 2.24. The van der Waals surface area contributed by atoms with Gasteiger partial charge in [0, 0.05) is 13.0 Å². The Morgan fingerprint density at radius 1 is 1.50 bits per heavy atom. The molecule has 0 bridgehead atoms. The quantitative estimate of drug-likeness (QED) is 0.807. The molecule has 1 heterocycles. The first-order valence-electron chi connectivity index (χ1n) is 5.70. The van der Waals surface area contributed by atoms with Gasteiger partial charge in [0.15, 0.2) is 0 Å². The van der Waals surface area contributed by atoms with Gasteiger partial charge in [0.05, 0.1) is 12.7 Å². The maximum absolute atomic E-state index is 10.3. The molecular formula is C13H19NO2. The van der Waals surface area contributed by atoms with E-state index < -0.39 is 5.60 Å². The van der Waals surface area contributed by atoms with Gasteiger partial charge in [0.2, 0.25) is 0 Å². The third-order valence-corrected chi connectivity index (χ3v) is 3.23. The van der Waals surface area contributed by atoms with E-state index in [0.29, 0.717) is 13.0 Å². The smallest absolute Gasteiger partial charge is 0.122 e. The molecule has 1 saturated heterocycles. The van der Waals surface area contributed by atoms with Crippen LogP contribution in [0.5, 0.6) is 5.75 Å². The molecule has 0 saturated carbocycles. The Balaban J connectivity index is 2.15. The number of aliphatic hydroxyl groups is 1. The van der Waals surface area contributed by atoms with Crippen LogP contribution < -0.4 is 10.1 Å². The number of hydrogen-bond donors (Lipinski definition) is 2. The van der Waals surface area contributed by atoms with Crippen LogP contribution in [-0.2, 0) is 6.42 Å². The Morgan fingerprint density at radius 2 is 2.31 bits per heavy atom. The molecule has 1 aliphatic rings. The normalized spacial score (nSPS) is 24.7. The summed E-state index contributed by atoms with van der Waals surface area (Å²) < 4.78 is 5.29. The predicted octanol–water partition coefficient (Wildman–Crippen LogP) is 1.27. The van der Waals surface area contributed by atoms with Crippen molar-refractivity contribution in [2.75, 3.05) is 20.2 Å². The van der Waals surface area contributed by atoms with Gasteiger partial charge in [-0.05, 0) is 37.1 Å². The highest BCUT2D eigenvalue weighted by Crippen LogP contribution is 2.24. The lowest BCUT2D eigenvalue weighted by Gasteiger charge is -2.21. The van der Waals surface area contributed by atoms with Crippen LogP contribution in [0.3, 0.4) is 0 Å². The molecule has 1 unspecified atom stereocenters. The van der Waals surface area contributed by atoms with Crippen LogP contribution in [0, 0.1) is 6.92 Å². The molecule has 1 aromatic rings. The topological polar surface area (TPSA) is 41.5 Å². The number of hydrogen-bond acceptors (Lipinski definition) is 3. The molecule has 1 fully saturated rings. The van der Waals surface area contributed by atoms with Gasteiger partial charge in [-0.25, -0.2) is 0 Å². The molecule has 88 valence electrons. The number of methoxy groups -OCH3 is 1.